The summed E-state index contributed by atoms with van der Waals surface area (Å²) in [7, 11) is 0. The molecule has 21 heavy (non-hydrogen) atoms. The number of hydrogen-bond acceptors (Lipinski definition) is 2. The largest absolute Gasteiger partial charge is 0.396 e. The van der Waals surface area contributed by atoms with E-state index in [0.29, 0.717) is 28.9 Å². The molecule has 0 radical (unpaired) electrons. The maximum Gasteiger partial charge on any atom is 0.244 e. The minimum absolute atomic E-state index is 0.152. The Hall–Kier alpha value is -1.03. The number of hydrogen-bond donors (Lipinski definition) is 2. The van der Waals surface area contributed by atoms with E-state index < -0.39 is 0 Å². The number of carbonyl (C=O) groups is 1. The Labute approximate surface area is 136 Å². The maximum atomic E-state index is 11.8. The molecule has 0 bridgehead atoms. The predicted molar refractivity (Wildman–Crippen MR) is 88.6 cm³/mol. The Balaban J connectivity index is 2.48. The standard InChI is InChI=1S/C16H21Cl2NO2/c1-2-3-13(8-9-20)11-19-16(21)7-5-12-4-6-14(17)15(18)10-12/h4-7,10,13,20H,2-3,8-9,11H2,1H3,(H,19,21)/b7-5+. The molecular formula is C16H21Cl2NO2. The fourth-order valence-electron chi connectivity index (χ4n) is 2.03. The van der Waals surface area contributed by atoms with Crippen molar-refractivity contribution in [3.05, 3.63) is 39.9 Å². The minimum atomic E-state index is -0.153. The summed E-state index contributed by atoms with van der Waals surface area (Å²) in [4.78, 5) is 11.8. The minimum Gasteiger partial charge on any atom is -0.396 e. The van der Waals surface area contributed by atoms with Gasteiger partial charge in [-0.1, -0.05) is 42.6 Å². The lowest BCUT2D eigenvalue weighted by Gasteiger charge is -2.14. The number of aliphatic hydroxyl groups is 1. The van der Waals surface area contributed by atoms with Crippen molar-refractivity contribution in [2.45, 2.75) is 26.2 Å². The van der Waals surface area contributed by atoms with Crippen LogP contribution in [0.15, 0.2) is 24.3 Å². The van der Waals surface area contributed by atoms with Crippen molar-refractivity contribution in [1.29, 1.82) is 0 Å². The van der Waals surface area contributed by atoms with Gasteiger partial charge in [0.25, 0.3) is 0 Å². The molecule has 0 saturated heterocycles. The van der Waals surface area contributed by atoms with Crippen LogP contribution in [0.5, 0.6) is 0 Å². The summed E-state index contributed by atoms with van der Waals surface area (Å²) in [6.45, 7) is 2.83. The van der Waals surface area contributed by atoms with E-state index in [9.17, 15) is 4.79 Å². The first kappa shape index (κ1) is 18.0. The molecule has 0 spiro atoms. The van der Waals surface area contributed by atoms with Gasteiger partial charge < -0.3 is 10.4 Å². The van der Waals surface area contributed by atoms with Gasteiger partial charge in [0.05, 0.1) is 10.0 Å². The Morgan fingerprint density at radius 3 is 2.71 bits per heavy atom. The molecule has 0 heterocycles. The maximum absolute atomic E-state index is 11.8. The molecule has 0 fully saturated rings. The Morgan fingerprint density at radius 1 is 1.33 bits per heavy atom. The van der Waals surface area contributed by atoms with Crippen molar-refractivity contribution in [2.75, 3.05) is 13.2 Å². The molecule has 1 aromatic rings. The number of aliphatic hydroxyl groups excluding tert-OH is 1. The highest BCUT2D eigenvalue weighted by molar-refractivity contribution is 6.42. The third-order valence-corrected chi connectivity index (χ3v) is 3.91. The molecular weight excluding hydrogens is 309 g/mol. The lowest BCUT2D eigenvalue weighted by atomic mass is 10.0. The second kappa shape index (κ2) is 9.82. The molecule has 5 heteroatoms. The van der Waals surface area contributed by atoms with Gasteiger partial charge in [-0.3, -0.25) is 4.79 Å². The van der Waals surface area contributed by atoms with Gasteiger partial charge in [0.1, 0.15) is 0 Å². The molecule has 116 valence electrons. The van der Waals surface area contributed by atoms with Gasteiger partial charge >= 0.3 is 0 Å². The van der Waals surface area contributed by atoms with Crippen LogP contribution in [0.25, 0.3) is 6.08 Å². The van der Waals surface area contributed by atoms with Gasteiger partial charge in [0, 0.05) is 19.2 Å². The highest BCUT2D eigenvalue weighted by atomic mass is 35.5. The van der Waals surface area contributed by atoms with Crippen LogP contribution in [-0.4, -0.2) is 24.2 Å². The Kier molecular flexibility index (Phi) is 8.43. The molecule has 1 aromatic carbocycles. The van der Waals surface area contributed by atoms with Gasteiger partial charge in [-0.25, -0.2) is 0 Å². The fraction of sp³-hybridized carbons (Fsp3) is 0.438. The third-order valence-electron chi connectivity index (χ3n) is 3.17. The van der Waals surface area contributed by atoms with E-state index >= 15 is 0 Å². The van der Waals surface area contributed by atoms with E-state index in [1.165, 1.54) is 6.08 Å². The zero-order valence-electron chi connectivity index (χ0n) is 12.1. The number of benzene rings is 1. The molecule has 0 aliphatic carbocycles. The number of amides is 1. The highest BCUT2D eigenvalue weighted by Gasteiger charge is 2.08. The van der Waals surface area contributed by atoms with Gasteiger partial charge in [-0.05, 0) is 42.5 Å². The van der Waals surface area contributed by atoms with Gasteiger partial charge in [-0.2, -0.15) is 0 Å². The van der Waals surface area contributed by atoms with E-state index in [4.69, 9.17) is 28.3 Å². The number of nitrogens with one attached hydrogen (secondary N) is 1. The van der Waals surface area contributed by atoms with Crippen LogP contribution >= 0.6 is 23.2 Å². The Bertz CT molecular complexity index is 483. The summed E-state index contributed by atoms with van der Waals surface area (Å²) in [5.74, 6) is 0.169. The number of halogens is 2. The van der Waals surface area contributed by atoms with Crippen molar-refractivity contribution >= 4 is 35.2 Å². The first-order valence-electron chi connectivity index (χ1n) is 7.08. The second-order valence-corrected chi connectivity index (χ2v) is 5.73. The first-order chi connectivity index (χ1) is 10.1. The smallest absolute Gasteiger partial charge is 0.244 e. The quantitative estimate of drug-likeness (QED) is 0.710. The zero-order valence-corrected chi connectivity index (χ0v) is 13.6. The average molecular weight is 330 g/mol. The lowest BCUT2D eigenvalue weighted by Crippen LogP contribution is -2.28. The Morgan fingerprint density at radius 2 is 2.10 bits per heavy atom. The SMILES string of the molecule is CCCC(CCO)CNC(=O)/C=C/c1ccc(Cl)c(Cl)c1. The number of rotatable bonds is 8. The molecule has 2 N–H and O–H groups in total. The molecule has 0 saturated carbocycles. The van der Waals surface area contributed by atoms with Crippen LogP contribution in [0.3, 0.4) is 0 Å². The molecule has 1 unspecified atom stereocenters. The summed E-state index contributed by atoms with van der Waals surface area (Å²) in [5, 5.41) is 12.8. The molecule has 1 atom stereocenters. The molecule has 0 aromatic heterocycles. The average Bonchev–Trinajstić information content (AvgIpc) is 2.46. The zero-order chi connectivity index (χ0) is 15.7. The van der Waals surface area contributed by atoms with Crippen molar-refractivity contribution in [2.24, 2.45) is 5.92 Å². The monoisotopic (exact) mass is 329 g/mol. The third kappa shape index (κ3) is 6.98. The fourth-order valence-corrected chi connectivity index (χ4v) is 2.34. The molecule has 0 aliphatic rings. The predicted octanol–water partition coefficient (Wildman–Crippen LogP) is 3.92. The van der Waals surface area contributed by atoms with Crippen LogP contribution in [0.4, 0.5) is 0 Å². The van der Waals surface area contributed by atoms with E-state index in [2.05, 4.69) is 12.2 Å². The molecule has 0 aliphatic heterocycles. The number of carbonyl (C=O) groups excluding carboxylic acids is 1. The van der Waals surface area contributed by atoms with Crippen molar-refractivity contribution in [3.63, 3.8) is 0 Å². The first-order valence-corrected chi connectivity index (χ1v) is 7.84. The van der Waals surface area contributed by atoms with E-state index in [-0.39, 0.29) is 12.5 Å². The van der Waals surface area contributed by atoms with Gasteiger partial charge in [0.2, 0.25) is 5.91 Å². The van der Waals surface area contributed by atoms with Crippen LogP contribution in [0.1, 0.15) is 31.7 Å². The van der Waals surface area contributed by atoms with Gasteiger partial charge in [-0.15, -0.1) is 0 Å². The lowest BCUT2D eigenvalue weighted by molar-refractivity contribution is -0.116. The van der Waals surface area contributed by atoms with Crippen molar-refractivity contribution in [3.8, 4) is 0 Å². The van der Waals surface area contributed by atoms with Crippen molar-refractivity contribution in [1.82, 2.24) is 5.32 Å². The van der Waals surface area contributed by atoms with Crippen LogP contribution in [0.2, 0.25) is 10.0 Å². The summed E-state index contributed by atoms with van der Waals surface area (Å²) in [6, 6.07) is 5.20. The van der Waals surface area contributed by atoms with Gasteiger partial charge in [0.15, 0.2) is 0 Å². The van der Waals surface area contributed by atoms with E-state index in [0.717, 1.165) is 18.4 Å². The van der Waals surface area contributed by atoms with E-state index in [1.54, 1.807) is 24.3 Å². The highest BCUT2D eigenvalue weighted by Crippen LogP contribution is 2.23. The summed E-state index contributed by atoms with van der Waals surface area (Å²) in [5.41, 5.74) is 0.819. The molecule has 1 rings (SSSR count). The van der Waals surface area contributed by atoms with Crippen LogP contribution < -0.4 is 5.32 Å². The van der Waals surface area contributed by atoms with Crippen molar-refractivity contribution < 1.29 is 9.90 Å². The van der Waals surface area contributed by atoms with E-state index in [1.807, 2.05) is 0 Å². The second-order valence-electron chi connectivity index (χ2n) is 4.92. The van der Waals surface area contributed by atoms with Crippen LogP contribution in [0, 0.1) is 5.92 Å². The summed E-state index contributed by atoms with van der Waals surface area (Å²) >= 11 is 11.7. The summed E-state index contributed by atoms with van der Waals surface area (Å²) < 4.78 is 0. The molecule has 3 nitrogen and oxygen atoms in total. The van der Waals surface area contributed by atoms with Crippen LogP contribution in [-0.2, 0) is 4.79 Å². The normalized spacial score (nSPS) is 12.6. The topological polar surface area (TPSA) is 49.3 Å². The summed E-state index contributed by atoms with van der Waals surface area (Å²) in [6.07, 6.45) is 5.92. The molecule has 1 amide bonds.